The van der Waals surface area contributed by atoms with Gasteiger partial charge >= 0.3 is 0 Å². The van der Waals surface area contributed by atoms with Gasteiger partial charge in [0.15, 0.2) is 6.61 Å². The van der Waals surface area contributed by atoms with E-state index in [0.717, 1.165) is 12.8 Å². The normalized spacial score (nSPS) is 22.2. The van der Waals surface area contributed by atoms with Gasteiger partial charge in [-0.15, -0.1) is 0 Å². The first-order valence-electron chi connectivity index (χ1n) is 7.46. The standard InChI is InChI=1S/C16H24N2O2/c1-2-12-5-3-4-6-15(12)18-16(19)11-20-14-9-7-13(17)8-10-14/h7-10,12,15H,2-6,11,17H2,1H3,(H,18,19). The molecule has 1 saturated carbocycles. The van der Waals surface area contributed by atoms with Crippen LogP contribution in [0.2, 0.25) is 0 Å². The van der Waals surface area contributed by atoms with Crippen molar-refractivity contribution in [3.63, 3.8) is 0 Å². The summed E-state index contributed by atoms with van der Waals surface area (Å²) < 4.78 is 5.47. The van der Waals surface area contributed by atoms with Crippen LogP contribution < -0.4 is 15.8 Å². The molecule has 2 atom stereocenters. The number of amides is 1. The number of benzene rings is 1. The van der Waals surface area contributed by atoms with Gasteiger partial charge in [0, 0.05) is 11.7 Å². The van der Waals surface area contributed by atoms with Crippen molar-refractivity contribution in [1.29, 1.82) is 0 Å². The predicted molar refractivity (Wildman–Crippen MR) is 80.5 cm³/mol. The minimum absolute atomic E-state index is 0.0350. The van der Waals surface area contributed by atoms with E-state index in [1.54, 1.807) is 24.3 Å². The lowest BCUT2D eigenvalue weighted by Crippen LogP contribution is -2.43. The number of anilines is 1. The molecule has 3 N–H and O–H groups in total. The van der Waals surface area contributed by atoms with Crippen LogP contribution in [0.15, 0.2) is 24.3 Å². The van der Waals surface area contributed by atoms with Crippen molar-refractivity contribution >= 4 is 11.6 Å². The Morgan fingerprint density at radius 2 is 2.00 bits per heavy atom. The maximum absolute atomic E-state index is 12.0. The van der Waals surface area contributed by atoms with E-state index in [2.05, 4.69) is 12.2 Å². The molecule has 1 aromatic rings. The van der Waals surface area contributed by atoms with E-state index in [0.29, 0.717) is 23.4 Å². The maximum atomic E-state index is 12.0. The molecule has 0 heterocycles. The Labute approximate surface area is 120 Å². The van der Waals surface area contributed by atoms with Crippen LogP contribution >= 0.6 is 0 Å². The average Bonchev–Trinajstić information content (AvgIpc) is 2.47. The Morgan fingerprint density at radius 3 is 2.70 bits per heavy atom. The zero-order valence-corrected chi connectivity index (χ0v) is 12.1. The van der Waals surface area contributed by atoms with Crippen LogP contribution in [0.5, 0.6) is 5.75 Å². The lowest BCUT2D eigenvalue weighted by atomic mass is 9.83. The van der Waals surface area contributed by atoms with Crippen molar-refractivity contribution in [3.8, 4) is 5.75 Å². The van der Waals surface area contributed by atoms with Crippen LogP contribution in [0.1, 0.15) is 39.0 Å². The van der Waals surface area contributed by atoms with E-state index in [9.17, 15) is 4.79 Å². The number of hydrogen-bond acceptors (Lipinski definition) is 3. The highest BCUT2D eigenvalue weighted by atomic mass is 16.5. The van der Waals surface area contributed by atoms with Gasteiger partial charge in [-0.1, -0.05) is 26.2 Å². The lowest BCUT2D eigenvalue weighted by Gasteiger charge is -2.31. The van der Waals surface area contributed by atoms with E-state index in [4.69, 9.17) is 10.5 Å². The fraction of sp³-hybridized carbons (Fsp3) is 0.562. The van der Waals surface area contributed by atoms with Gasteiger partial charge in [-0.2, -0.15) is 0 Å². The molecule has 20 heavy (non-hydrogen) atoms. The number of ether oxygens (including phenoxy) is 1. The minimum atomic E-state index is -0.0350. The van der Waals surface area contributed by atoms with Crippen LogP contribution in [-0.4, -0.2) is 18.6 Å². The van der Waals surface area contributed by atoms with Gasteiger partial charge in [0.05, 0.1) is 0 Å². The zero-order chi connectivity index (χ0) is 14.4. The van der Waals surface area contributed by atoms with Crippen molar-refractivity contribution < 1.29 is 9.53 Å². The fourth-order valence-electron chi connectivity index (χ4n) is 2.85. The summed E-state index contributed by atoms with van der Waals surface area (Å²) in [6.07, 6.45) is 5.93. The third-order valence-electron chi connectivity index (χ3n) is 4.03. The van der Waals surface area contributed by atoms with Gasteiger partial charge in [-0.05, 0) is 43.0 Å². The largest absolute Gasteiger partial charge is 0.484 e. The van der Waals surface area contributed by atoms with Gasteiger partial charge in [0.25, 0.3) is 5.91 Å². The molecule has 2 unspecified atom stereocenters. The Kier molecular flexibility index (Phi) is 5.27. The van der Waals surface area contributed by atoms with E-state index in [1.165, 1.54) is 19.3 Å². The second-order valence-corrected chi connectivity index (χ2v) is 5.48. The van der Waals surface area contributed by atoms with E-state index < -0.39 is 0 Å². The summed E-state index contributed by atoms with van der Waals surface area (Å²) in [7, 11) is 0. The molecule has 110 valence electrons. The molecule has 0 saturated heterocycles. The van der Waals surface area contributed by atoms with Crippen LogP contribution in [0.3, 0.4) is 0 Å². The highest BCUT2D eigenvalue weighted by molar-refractivity contribution is 5.77. The topological polar surface area (TPSA) is 64.3 Å². The fourth-order valence-corrected chi connectivity index (χ4v) is 2.85. The lowest BCUT2D eigenvalue weighted by molar-refractivity contribution is -0.124. The molecule has 2 rings (SSSR count). The van der Waals surface area contributed by atoms with Crippen LogP contribution in [0.25, 0.3) is 0 Å². The highest BCUT2D eigenvalue weighted by Gasteiger charge is 2.24. The summed E-state index contributed by atoms with van der Waals surface area (Å²) >= 11 is 0. The maximum Gasteiger partial charge on any atom is 0.258 e. The number of nitrogens with one attached hydrogen (secondary N) is 1. The molecule has 0 spiro atoms. The Balaban J connectivity index is 1.78. The molecule has 0 aliphatic heterocycles. The average molecular weight is 276 g/mol. The van der Waals surface area contributed by atoms with Crippen molar-refractivity contribution in [2.75, 3.05) is 12.3 Å². The number of rotatable bonds is 5. The third kappa shape index (κ3) is 4.15. The number of carbonyl (C=O) groups excluding carboxylic acids is 1. The highest BCUT2D eigenvalue weighted by Crippen LogP contribution is 2.26. The first-order chi connectivity index (χ1) is 9.69. The van der Waals surface area contributed by atoms with Crippen LogP contribution in [0.4, 0.5) is 5.69 Å². The summed E-state index contributed by atoms with van der Waals surface area (Å²) in [4.78, 5) is 12.0. The first-order valence-corrected chi connectivity index (χ1v) is 7.46. The summed E-state index contributed by atoms with van der Waals surface area (Å²) in [6.45, 7) is 2.26. The van der Waals surface area contributed by atoms with Crippen molar-refractivity contribution in [3.05, 3.63) is 24.3 Å². The van der Waals surface area contributed by atoms with E-state index in [1.807, 2.05) is 0 Å². The smallest absolute Gasteiger partial charge is 0.258 e. The first kappa shape index (κ1) is 14.7. The van der Waals surface area contributed by atoms with Gasteiger partial charge in [0.1, 0.15) is 5.75 Å². The number of nitrogen functional groups attached to an aromatic ring is 1. The van der Waals surface area contributed by atoms with Crippen molar-refractivity contribution in [2.24, 2.45) is 5.92 Å². The molecule has 1 aliphatic rings. The number of nitrogens with two attached hydrogens (primary N) is 1. The van der Waals surface area contributed by atoms with Crippen molar-refractivity contribution in [2.45, 2.75) is 45.1 Å². The summed E-state index contributed by atoms with van der Waals surface area (Å²) in [5.74, 6) is 1.25. The van der Waals surface area contributed by atoms with Gasteiger partial charge in [0.2, 0.25) is 0 Å². The van der Waals surface area contributed by atoms with E-state index in [-0.39, 0.29) is 12.5 Å². The molecule has 4 heteroatoms. The summed E-state index contributed by atoms with van der Waals surface area (Å²) in [6, 6.07) is 7.40. The number of hydrogen-bond donors (Lipinski definition) is 2. The molecular weight excluding hydrogens is 252 g/mol. The van der Waals surface area contributed by atoms with Gasteiger partial charge < -0.3 is 15.8 Å². The molecule has 0 radical (unpaired) electrons. The summed E-state index contributed by atoms with van der Waals surface area (Å²) in [5.41, 5.74) is 6.29. The van der Waals surface area contributed by atoms with Crippen molar-refractivity contribution in [1.82, 2.24) is 5.32 Å². The molecule has 4 nitrogen and oxygen atoms in total. The quantitative estimate of drug-likeness (QED) is 0.813. The Morgan fingerprint density at radius 1 is 1.30 bits per heavy atom. The monoisotopic (exact) mass is 276 g/mol. The molecule has 1 aromatic carbocycles. The second kappa shape index (κ2) is 7.17. The molecule has 1 amide bonds. The second-order valence-electron chi connectivity index (χ2n) is 5.48. The number of carbonyl (C=O) groups is 1. The third-order valence-corrected chi connectivity index (χ3v) is 4.03. The molecule has 0 bridgehead atoms. The van der Waals surface area contributed by atoms with E-state index >= 15 is 0 Å². The molecular formula is C16H24N2O2. The zero-order valence-electron chi connectivity index (χ0n) is 12.1. The molecule has 0 aromatic heterocycles. The minimum Gasteiger partial charge on any atom is -0.484 e. The Hall–Kier alpha value is -1.71. The molecule has 1 aliphatic carbocycles. The Bertz CT molecular complexity index is 431. The van der Waals surface area contributed by atoms with Crippen LogP contribution in [-0.2, 0) is 4.79 Å². The van der Waals surface area contributed by atoms with Crippen LogP contribution in [0, 0.1) is 5.92 Å². The molecule has 1 fully saturated rings. The van der Waals surface area contributed by atoms with Gasteiger partial charge in [-0.3, -0.25) is 4.79 Å². The SMILES string of the molecule is CCC1CCCCC1NC(=O)COc1ccc(N)cc1. The predicted octanol–water partition coefficient (Wildman–Crippen LogP) is 2.73. The summed E-state index contributed by atoms with van der Waals surface area (Å²) in [5, 5.41) is 3.11. The van der Waals surface area contributed by atoms with Gasteiger partial charge in [-0.25, -0.2) is 0 Å².